The summed E-state index contributed by atoms with van der Waals surface area (Å²) >= 11 is 0. The second-order valence-corrected chi connectivity index (χ2v) is 4.68. The minimum atomic E-state index is -0.536. The third-order valence-corrected chi connectivity index (χ3v) is 2.68. The lowest BCUT2D eigenvalue weighted by molar-refractivity contribution is -0.122. The van der Waals surface area contributed by atoms with Gasteiger partial charge >= 0.3 is 5.69 Å². The van der Waals surface area contributed by atoms with Crippen LogP contribution in [0.2, 0.25) is 0 Å². The minimum absolute atomic E-state index is 0.156. The molecule has 0 saturated heterocycles. The first kappa shape index (κ1) is 15.2. The van der Waals surface area contributed by atoms with Crippen LogP contribution < -0.4 is 16.6 Å². The van der Waals surface area contributed by atoms with Crippen LogP contribution in [-0.4, -0.2) is 32.3 Å². The van der Waals surface area contributed by atoms with Crippen molar-refractivity contribution in [2.75, 3.05) is 0 Å². The van der Waals surface area contributed by atoms with Crippen molar-refractivity contribution >= 4 is 5.91 Å². The smallest absolute Gasteiger partial charge is 0.331 e. The number of hydrogen-bond donors (Lipinski definition) is 2. The van der Waals surface area contributed by atoms with Crippen LogP contribution in [0.15, 0.2) is 21.9 Å². The molecule has 1 amide bonds. The number of nitrogens with zero attached hydrogens (tertiary/aromatic N) is 2. The lowest BCUT2D eigenvalue weighted by atomic mass is 10.1. The summed E-state index contributed by atoms with van der Waals surface area (Å²) in [4.78, 5) is 34.6. The molecule has 2 N–H and O–H groups in total. The van der Waals surface area contributed by atoms with Crippen LogP contribution in [0, 0.1) is 0 Å². The van der Waals surface area contributed by atoms with E-state index in [4.69, 9.17) is 0 Å². The molecule has 19 heavy (non-hydrogen) atoms. The highest BCUT2D eigenvalue weighted by Crippen LogP contribution is 1.96. The SMILES string of the molecule is CC(O)CC(C)NC(=O)Cn1ccc(=O)n(C)c1=O. The standard InChI is InChI=1S/C12H19N3O4/c1-8(6-9(2)16)13-10(17)7-15-5-4-11(18)14(3)12(15)19/h4-5,8-9,16H,6-7H2,1-3H3,(H,13,17). The van der Waals surface area contributed by atoms with Gasteiger partial charge in [-0.2, -0.15) is 0 Å². The second-order valence-electron chi connectivity index (χ2n) is 4.68. The normalized spacial score (nSPS) is 13.9. The van der Waals surface area contributed by atoms with Gasteiger partial charge in [-0.3, -0.25) is 18.7 Å². The zero-order chi connectivity index (χ0) is 14.6. The van der Waals surface area contributed by atoms with Crippen molar-refractivity contribution in [3.63, 3.8) is 0 Å². The Morgan fingerprint density at radius 1 is 1.42 bits per heavy atom. The number of nitrogens with one attached hydrogen (secondary N) is 1. The summed E-state index contributed by atoms with van der Waals surface area (Å²) in [7, 11) is 1.36. The molecule has 106 valence electrons. The van der Waals surface area contributed by atoms with Crippen molar-refractivity contribution in [2.24, 2.45) is 7.05 Å². The summed E-state index contributed by atoms with van der Waals surface area (Å²) in [5.74, 6) is -0.339. The highest BCUT2D eigenvalue weighted by atomic mass is 16.3. The topological polar surface area (TPSA) is 93.3 Å². The van der Waals surface area contributed by atoms with Gasteiger partial charge in [-0.1, -0.05) is 0 Å². The zero-order valence-electron chi connectivity index (χ0n) is 11.3. The van der Waals surface area contributed by atoms with E-state index in [1.165, 1.54) is 19.3 Å². The molecule has 0 aromatic carbocycles. The quantitative estimate of drug-likeness (QED) is 0.704. The molecule has 0 radical (unpaired) electrons. The summed E-state index contributed by atoms with van der Waals surface area (Å²) in [5.41, 5.74) is -0.949. The van der Waals surface area contributed by atoms with E-state index in [9.17, 15) is 19.5 Å². The Morgan fingerprint density at radius 3 is 2.63 bits per heavy atom. The molecular weight excluding hydrogens is 250 g/mol. The molecule has 0 aliphatic rings. The Morgan fingerprint density at radius 2 is 2.05 bits per heavy atom. The van der Waals surface area contributed by atoms with Crippen molar-refractivity contribution in [3.05, 3.63) is 33.1 Å². The second kappa shape index (κ2) is 6.33. The van der Waals surface area contributed by atoms with Crippen molar-refractivity contribution in [1.29, 1.82) is 0 Å². The predicted molar refractivity (Wildman–Crippen MR) is 69.8 cm³/mol. The van der Waals surface area contributed by atoms with Crippen molar-refractivity contribution in [1.82, 2.24) is 14.5 Å². The monoisotopic (exact) mass is 269 g/mol. The van der Waals surface area contributed by atoms with E-state index in [-0.39, 0.29) is 18.5 Å². The third-order valence-electron chi connectivity index (χ3n) is 2.68. The maximum Gasteiger partial charge on any atom is 0.331 e. The Balaban J connectivity index is 2.71. The first-order valence-corrected chi connectivity index (χ1v) is 6.05. The summed E-state index contributed by atoms with van der Waals surface area (Å²) in [6, 6.07) is 1.05. The fourth-order valence-electron chi connectivity index (χ4n) is 1.78. The summed E-state index contributed by atoms with van der Waals surface area (Å²) in [5, 5.41) is 11.9. The number of rotatable bonds is 5. The molecule has 0 aliphatic carbocycles. The number of hydrogen-bond acceptors (Lipinski definition) is 4. The number of carbonyl (C=O) groups excluding carboxylic acids is 1. The van der Waals surface area contributed by atoms with Gasteiger partial charge in [0.05, 0.1) is 6.10 Å². The largest absolute Gasteiger partial charge is 0.393 e. The molecule has 1 rings (SSSR count). The van der Waals surface area contributed by atoms with Gasteiger partial charge in [-0.05, 0) is 20.3 Å². The lowest BCUT2D eigenvalue weighted by Gasteiger charge is -2.15. The van der Waals surface area contributed by atoms with Crippen molar-refractivity contribution in [3.8, 4) is 0 Å². The lowest BCUT2D eigenvalue weighted by Crippen LogP contribution is -2.42. The highest BCUT2D eigenvalue weighted by molar-refractivity contribution is 5.75. The molecule has 0 saturated carbocycles. The maximum atomic E-state index is 11.7. The Bertz CT molecular complexity index is 559. The molecule has 0 spiro atoms. The fourth-order valence-corrected chi connectivity index (χ4v) is 1.78. The van der Waals surface area contributed by atoms with E-state index < -0.39 is 17.4 Å². The van der Waals surface area contributed by atoms with Gasteiger partial charge in [-0.25, -0.2) is 4.79 Å². The molecule has 2 unspecified atom stereocenters. The Hall–Kier alpha value is -1.89. The van der Waals surface area contributed by atoms with Gasteiger partial charge in [0, 0.05) is 25.4 Å². The summed E-state index contributed by atoms with van der Waals surface area (Å²) in [6.07, 6.45) is 1.23. The van der Waals surface area contributed by atoms with E-state index in [1.54, 1.807) is 13.8 Å². The van der Waals surface area contributed by atoms with E-state index in [0.29, 0.717) is 6.42 Å². The van der Waals surface area contributed by atoms with Crippen LogP contribution in [0.3, 0.4) is 0 Å². The first-order chi connectivity index (χ1) is 8.81. The van der Waals surface area contributed by atoms with Gasteiger partial charge in [0.15, 0.2) is 0 Å². The number of aliphatic hydroxyl groups is 1. The van der Waals surface area contributed by atoms with Gasteiger partial charge in [-0.15, -0.1) is 0 Å². The van der Waals surface area contributed by atoms with Crippen molar-refractivity contribution < 1.29 is 9.90 Å². The van der Waals surface area contributed by atoms with Crippen LogP contribution in [0.4, 0.5) is 0 Å². The number of amides is 1. The number of aliphatic hydroxyl groups excluding tert-OH is 1. The molecule has 0 fully saturated rings. The van der Waals surface area contributed by atoms with E-state index in [1.807, 2.05) is 0 Å². The fraction of sp³-hybridized carbons (Fsp3) is 0.583. The first-order valence-electron chi connectivity index (χ1n) is 6.05. The maximum absolute atomic E-state index is 11.7. The van der Waals surface area contributed by atoms with Crippen LogP contribution in [0.5, 0.6) is 0 Å². The van der Waals surface area contributed by atoms with Gasteiger partial charge in [0.2, 0.25) is 5.91 Å². The summed E-state index contributed by atoms with van der Waals surface area (Å²) < 4.78 is 2.10. The van der Waals surface area contributed by atoms with Crippen LogP contribution in [-0.2, 0) is 18.4 Å². The third kappa shape index (κ3) is 4.36. The molecule has 7 heteroatoms. The average Bonchev–Trinajstić information content (AvgIpc) is 2.28. The van der Waals surface area contributed by atoms with Crippen LogP contribution in [0.1, 0.15) is 20.3 Å². The molecular formula is C12H19N3O4. The van der Waals surface area contributed by atoms with E-state index >= 15 is 0 Å². The molecule has 2 atom stereocenters. The Labute approximate surface area is 110 Å². The summed E-state index contributed by atoms with van der Waals surface area (Å²) in [6.45, 7) is 3.26. The van der Waals surface area contributed by atoms with Crippen LogP contribution in [0.25, 0.3) is 0 Å². The predicted octanol–water partition coefficient (Wildman–Crippen LogP) is -1.18. The number of carbonyl (C=O) groups is 1. The average molecular weight is 269 g/mol. The minimum Gasteiger partial charge on any atom is -0.393 e. The molecule has 1 aromatic heterocycles. The highest BCUT2D eigenvalue weighted by Gasteiger charge is 2.11. The molecule has 7 nitrogen and oxygen atoms in total. The zero-order valence-corrected chi connectivity index (χ0v) is 11.3. The van der Waals surface area contributed by atoms with E-state index in [0.717, 1.165) is 9.13 Å². The molecule has 1 heterocycles. The van der Waals surface area contributed by atoms with Crippen molar-refractivity contribution in [2.45, 2.75) is 39.0 Å². The van der Waals surface area contributed by atoms with Gasteiger partial charge in [0.1, 0.15) is 6.54 Å². The number of aromatic nitrogens is 2. The molecule has 0 bridgehead atoms. The van der Waals surface area contributed by atoms with Crippen LogP contribution >= 0.6 is 0 Å². The molecule has 0 aliphatic heterocycles. The van der Waals surface area contributed by atoms with Gasteiger partial charge < -0.3 is 10.4 Å². The Kier molecular flexibility index (Phi) is 5.05. The van der Waals surface area contributed by atoms with E-state index in [2.05, 4.69) is 5.32 Å². The molecule has 1 aromatic rings. The van der Waals surface area contributed by atoms with Gasteiger partial charge in [0.25, 0.3) is 5.56 Å².